The van der Waals surface area contributed by atoms with Crippen LogP contribution in [0.5, 0.6) is 5.75 Å². The molecular formula is C14H21N3O. The van der Waals surface area contributed by atoms with Gasteiger partial charge in [0.25, 0.3) is 0 Å². The number of rotatable bonds is 6. The van der Waals surface area contributed by atoms with Crippen LogP contribution in [0.15, 0.2) is 24.3 Å². The minimum atomic E-state index is 0.226. The van der Waals surface area contributed by atoms with Gasteiger partial charge in [0.15, 0.2) is 0 Å². The fraction of sp³-hybridized carbons (Fsp3) is 0.500. The fourth-order valence-electron chi connectivity index (χ4n) is 2.41. The van der Waals surface area contributed by atoms with Crippen molar-refractivity contribution in [1.82, 2.24) is 0 Å². The summed E-state index contributed by atoms with van der Waals surface area (Å²) >= 11 is 0. The molecule has 0 heterocycles. The average Bonchev–Trinajstić information content (AvgIpc) is 3.07. The Labute approximate surface area is 108 Å². The van der Waals surface area contributed by atoms with Gasteiger partial charge < -0.3 is 15.4 Å². The van der Waals surface area contributed by atoms with Gasteiger partial charge in [-0.2, -0.15) is 0 Å². The Balaban J connectivity index is 2.03. The summed E-state index contributed by atoms with van der Waals surface area (Å²) in [6.07, 6.45) is 3.04. The maximum Gasteiger partial charge on any atom is 0.120 e. The Morgan fingerprint density at radius 3 is 2.78 bits per heavy atom. The van der Waals surface area contributed by atoms with Crippen LogP contribution in [-0.2, 0) is 0 Å². The lowest BCUT2D eigenvalue weighted by atomic mass is 10.0. The van der Waals surface area contributed by atoms with Gasteiger partial charge in [0, 0.05) is 31.8 Å². The SMILES string of the molecule is COc1cccc(N(C)CC2(CC(=N)N)CC2)c1. The van der Waals surface area contributed by atoms with Crippen molar-refractivity contribution in [3.05, 3.63) is 24.3 Å². The van der Waals surface area contributed by atoms with Gasteiger partial charge in [0.2, 0.25) is 0 Å². The highest BCUT2D eigenvalue weighted by Gasteiger charge is 2.43. The molecule has 1 aliphatic rings. The molecule has 1 aromatic carbocycles. The Morgan fingerprint density at radius 1 is 1.50 bits per heavy atom. The third kappa shape index (κ3) is 2.94. The fourth-order valence-corrected chi connectivity index (χ4v) is 2.41. The van der Waals surface area contributed by atoms with E-state index >= 15 is 0 Å². The minimum Gasteiger partial charge on any atom is -0.497 e. The lowest BCUT2D eigenvalue weighted by molar-refractivity contribution is 0.414. The smallest absolute Gasteiger partial charge is 0.120 e. The number of methoxy groups -OCH3 is 1. The van der Waals surface area contributed by atoms with Gasteiger partial charge in [-0.05, 0) is 30.4 Å². The van der Waals surface area contributed by atoms with Crippen molar-refractivity contribution < 1.29 is 4.74 Å². The molecule has 3 N–H and O–H groups in total. The molecule has 1 aromatic rings. The molecule has 1 aliphatic carbocycles. The molecule has 4 heteroatoms. The molecule has 18 heavy (non-hydrogen) atoms. The predicted molar refractivity (Wildman–Crippen MR) is 74.5 cm³/mol. The van der Waals surface area contributed by atoms with Crippen LogP contribution >= 0.6 is 0 Å². The molecule has 98 valence electrons. The first-order valence-electron chi connectivity index (χ1n) is 6.23. The van der Waals surface area contributed by atoms with E-state index in [1.165, 1.54) is 12.8 Å². The maximum absolute atomic E-state index is 7.44. The van der Waals surface area contributed by atoms with Gasteiger partial charge in [0.1, 0.15) is 5.75 Å². The molecule has 0 radical (unpaired) electrons. The number of ether oxygens (including phenoxy) is 1. The molecule has 0 saturated heterocycles. The number of benzene rings is 1. The highest BCUT2D eigenvalue weighted by atomic mass is 16.5. The quantitative estimate of drug-likeness (QED) is 0.598. The van der Waals surface area contributed by atoms with Crippen LogP contribution in [0.2, 0.25) is 0 Å². The molecule has 2 rings (SSSR count). The summed E-state index contributed by atoms with van der Waals surface area (Å²) in [5, 5.41) is 7.44. The van der Waals surface area contributed by atoms with Crippen molar-refractivity contribution in [2.75, 3.05) is 25.6 Å². The molecule has 0 spiro atoms. The van der Waals surface area contributed by atoms with Crippen LogP contribution in [0.3, 0.4) is 0 Å². The largest absolute Gasteiger partial charge is 0.497 e. The second-order valence-electron chi connectivity index (χ2n) is 5.26. The first-order chi connectivity index (χ1) is 8.54. The van der Waals surface area contributed by atoms with Gasteiger partial charge in [-0.15, -0.1) is 0 Å². The van der Waals surface area contributed by atoms with Crippen LogP contribution in [0.25, 0.3) is 0 Å². The van der Waals surface area contributed by atoms with Crippen LogP contribution in [-0.4, -0.2) is 26.5 Å². The lowest BCUT2D eigenvalue weighted by Crippen LogP contribution is -2.29. The van der Waals surface area contributed by atoms with E-state index in [4.69, 9.17) is 15.9 Å². The van der Waals surface area contributed by atoms with E-state index in [1.54, 1.807) is 7.11 Å². The topological polar surface area (TPSA) is 62.3 Å². The number of nitrogens with one attached hydrogen (secondary N) is 1. The molecule has 4 nitrogen and oxygen atoms in total. The van der Waals surface area contributed by atoms with Gasteiger partial charge in [-0.1, -0.05) is 6.07 Å². The molecule has 0 unspecified atom stereocenters. The van der Waals surface area contributed by atoms with E-state index in [2.05, 4.69) is 18.0 Å². The summed E-state index contributed by atoms with van der Waals surface area (Å²) in [4.78, 5) is 2.22. The molecule has 1 fully saturated rings. The summed E-state index contributed by atoms with van der Waals surface area (Å²) in [5.74, 6) is 1.17. The Morgan fingerprint density at radius 2 is 2.22 bits per heavy atom. The van der Waals surface area contributed by atoms with Crippen LogP contribution < -0.4 is 15.4 Å². The number of amidine groups is 1. The van der Waals surface area contributed by atoms with Crippen molar-refractivity contribution in [3.63, 3.8) is 0 Å². The summed E-state index contributed by atoms with van der Waals surface area (Å²) in [5.41, 5.74) is 6.89. The van der Waals surface area contributed by atoms with E-state index in [1.807, 2.05) is 18.2 Å². The Bertz CT molecular complexity index is 440. The van der Waals surface area contributed by atoms with Gasteiger partial charge in [0.05, 0.1) is 12.9 Å². The minimum absolute atomic E-state index is 0.226. The molecule has 1 saturated carbocycles. The highest BCUT2D eigenvalue weighted by Crippen LogP contribution is 2.49. The van der Waals surface area contributed by atoms with Crippen molar-refractivity contribution in [1.29, 1.82) is 5.41 Å². The lowest BCUT2D eigenvalue weighted by Gasteiger charge is -2.25. The standard InChI is InChI=1S/C14H21N3O/c1-17(10-14(6-7-14)9-13(15)16)11-4-3-5-12(8-11)18-2/h3-5,8H,6-7,9-10H2,1-2H3,(H3,15,16). The molecule has 0 amide bonds. The van der Waals surface area contributed by atoms with Crippen molar-refractivity contribution in [3.8, 4) is 5.75 Å². The first-order valence-corrected chi connectivity index (χ1v) is 6.23. The monoisotopic (exact) mass is 247 g/mol. The number of nitrogens with two attached hydrogens (primary N) is 1. The number of nitrogens with zero attached hydrogens (tertiary/aromatic N) is 1. The normalized spacial score (nSPS) is 16.1. The molecule has 0 atom stereocenters. The third-order valence-electron chi connectivity index (χ3n) is 3.59. The third-order valence-corrected chi connectivity index (χ3v) is 3.59. The molecular weight excluding hydrogens is 226 g/mol. The number of hydrogen-bond donors (Lipinski definition) is 2. The second-order valence-corrected chi connectivity index (χ2v) is 5.26. The Hall–Kier alpha value is -1.71. The Kier molecular flexibility index (Phi) is 3.45. The predicted octanol–water partition coefficient (Wildman–Crippen LogP) is 2.24. The summed E-state index contributed by atoms with van der Waals surface area (Å²) in [6, 6.07) is 8.05. The number of hydrogen-bond acceptors (Lipinski definition) is 3. The maximum atomic E-state index is 7.44. The average molecular weight is 247 g/mol. The van der Waals surface area contributed by atoms with Gasteiger partial charge in [-0.3, -0.25) is 5.41 Å². The van der Waals surface area contributed by atoms with E-state index < -0.39 is 0 Å². The highest BCUT2D eigenvalue weighted by molar-refractivity contribution is 5.78. The molecule has 0 aliphatic heterocycles. The summed E-state index contributed by atoms with van der Waals surface area (Å²) in [6.45, 7) is 0.944. The van der Waals surface area contributed by atoms with Crippen LogP contribution in [0.4, 0.5) is 5.69 Å². The van der Waals surface area contributed by atoms with Gasteiger partial charge >= 0.3 is 0 Å². The molecule has 0 bridgehead atoms. The van der Waals surface area contributed by atoms with Crippen LogP contribution in [0, 0.1) is 10.8 Å². The first kappa shape index (κ1) is 12.7. The zero-order chi connectivity index (χ0) is 13.2. The molecule has 0 aromatic heterocycles. The van der Waals surface area contributed by atoms with Gasteiger partial charge in [-0.25, -0.2) is 0 Å². The van der Waals surface area contributed by atoms with E-state index in [9.17, 15) is 0 Å². The van der Waals surface area contributed by atoms with E-state index in [0.29, 0.717) is 12.3 Å². The van der Waals surface area contributed by atoms with Crippen molar-refractivity contribution in [2.24, 2.45) is 11.1 Å². The van der Waals surface area contributed by atoms with E-state index in [-0.39, 0.29) is 5.41 Å². The summed E-state index contributed by atoms with van der Waals surface area (Å²) in [7, 11) is 3.76. The second kappa shape index (κ2) is 4.88. The van der Waals surface area contributed by atoms with Crippen LogP contribution in [0.1, 0.15) is 19.3 Å². The zero-order valence-corrected chi connectivity index (χ0v) is 11.1. The van der Waals surface area contributed by atoms with Crippen molar-refractivity contribution in [2.45, 2.75) is 19.3 Å². The van der Waals surface area contributed by atoms with E-state index in [0.717, 1.165) is 18.0 Å². The summed E-state index contributed by atoms with van der Waals surface area (Å²) < 4.78 is 5.23. The zero-order valence-electron chi connectivity index (χ0n) is 11.1. The van der Waals surface area contributed by atoms with Crippen molar-refractivity contribution >= 4 is 11.5 Å². The number of anilines is 1.